The van der Waals surface area contributed by atoms with Crippen LogP contribution in [-0.4, -0.2) is 68.9 Å². The van der Waals surface area contributed by atoms with Gasteiger partial charge in [0.05, 0.1) is 0 Å². The van der Waals surface area contributed by atoms with Crippen LogP contribution < -0.4 is 16.0 Å². The third-order valence-electron chi connectivity index (χ3n) is 3.70. The highest BCUT2D eigenvalue weighted by Crippen LogP contribution is 2.09. The van der Waals surface area contributed by atoms with E-state index in [2.05, 4.69) is 32.8 Å². The zero-order chi connectivity index (χ0) is 18.0. The van der Waals surface area contributed by atoms with Crippen LogP contribution >= 0.6 is 0 Å². The van der Waals surface area contributed by atoms with Crippen molar-refractivity contribution in [1.29, 1.82) is 0 Å². The summed E-state index contributed by atoms with van der Waals surface area (Å²) in [5, 5.41) is 9.25. The van der Waals surface area contributed by atoms with E-state index < -0.39 is 11.7 Å². The second-order valence-electron chi connectivity index (χ2n) is 7.42. The number of rotatable bonds is 7. The van der Waals surface area contributed by atoms with Crippen molar-refractivity contribution in [2.24, 2.45) is 10.9 Å². The molecular weight excluding hydrogens is 306 g/mol. The number of guanidine groups is 1. The Morgan fingerprint density at radius 2 is 1.79 bits per heavy atom. The van der Waals surface area contributed by atoms with Gasteiger partial charge in [-0.15, -0.1) is 0 Å². The number of carbonyl (C=O) groups is 1. The minimum atomic E-state index is -0.472. The third kappa shape index (κ3) is 9.60. The van der Waals surface area contributed by atoms with Crippen molar-refractivity contribution in [1.82, 2.24) is 20.9 Å². The van der Waals surface area contributed by atoms with Gasteiger partial charge in [-0.2, -0.15) is 0 Å². The number of aliphatic imine (C=N–C) groups is 1. The Morgan fingerprint density at radius 1 is 1.17 bits per heavy atom. The topological polar surface area (TPSA) is 78.0 Å². The molecule has 0 radical (unpaired) electrons. The summed E-state index contributed by atoms with van der Waals surface area (Å²) in [7, 11) is 1.75. The first kappa shape index (κ1) is 20.5. The Kier molecular flexibility index (Phi) is 8.89. The van der Waals surface area contributed by atoms with E-state index in [0.717, 1.165) is 19.0 Å². The number of hydrogen-bond acceptors (Lipinski definition) is 4. The predicted octanol–water partition coefficient (Wildman–Crippen LogP) is 1.41. The maximum Gasteiger partial charge on any atom is 0.407 e. The molecule has 7 nitrogen and oxygen atoms in total. The summed E-state index contributed by atoms with van der Waals surface area (Å²) < 4.78 is 5.18. The van der Waals surface area contributed by atoms with Crippen LogP contribution in [0.1, 0.15) is 40.5 Å². The summed E-state index contributed by atoms with van der Waals surface area (Å²) >= 11 is 0. The molecule has 0 aliphatic carbocycles. The van der Waals surface area contributed by atoms with Crippen LogP contribution in [0.25, 0.3) is 0 Å². The minimum absolute atomic E-state index is 0.397. The van der Waals surface area contributed by atoms with Crippen molar-refractivity contribution in [3.05, 3.63) is 0 Å². The molecule has 0 spiro atoms. The highest BCUT2D eigenvalue weighted by atomic mass is 16.6. The van der Waals surface area contributed by atoms with Crippen LogP contribution in [0.5, 0.6) is 0 Å². The van der Waals surface area contributed by atoms with Crippen molar-refractivity contribution in [2.75, 3.05) is 46.3 Å². The number of amides is 1. The maximum absolute atomic E-state index is 11.5. The standard InChI is InChI=1S/C17H35N5O2/c1-14(13-22-10-6-7-11-22)12-21-15(18-5)19-8-9-20-16(23)24-17(2,3)4/h14H,6-13H2,1-5H3,(H,20,23)(H2,18,19,21). The van der Waals surface area contributed by atoms with Crippen LogP contribution in [0.3, 0.4) is 0 Å². The molecule has 0 saturated carbocycles. The van der Waals surface area contributed by atoms with E-state index in [4.69, 9.17) is 4.74 Å². The molecule has 1 fully saturated rings. The maximum atomic E-state index is 11.5. The van der Waals surface area contributed by atoms with Gasteiger partial charge in [0.15, 0.2) is 5.96 Å². The van der Waals surface area contributed by atoms with Gasteiger partial charge >= 0.3 is 6.09 Å². The van der Waals surface area contributed by atoms with Gasteiger partial charge < -0.3 is 25.6 Å². The molecule has 0 aromatic carbocycles. The first-order valence-corrected chi connectivity index (χ1v) is 8.94. The van der Waals surface area contributed by atoms with Crippen molar-refractivity contribution < 1.29 is 9.53 Å². The summed E-state index contributed by atoms with van der Waals surface area (Å²) in [5.41, 5.74) is -0.472. The molecule has 0 aromatic heterocycles. The van der Waals surface area contributed by atoms with Gasteiger partial charge in [0, 0.05) is 33.2 Å². The van der Waals surface area contributed by atoms with Gasteiger partial charge in [-0.25, -0.2) is 4.79 Å². The van der Waals surface area contributed by atoms with Crippen LogP contribution in [0, 0.1) is 5.92 Å². The summed E-state index contributed by atoms with van der Waals surface area (Å²) in [6, 6.07) is 0. The number of carbonyl (C=O) groups excluding carboxylic acids is 1. The van der Waals surface area contributed by atoms with Crippen molar-refractivity contribution >= 4 is 12.1 Å². The van der Waals surface area contributed by atoms with Crippen molar-refractivity contribution in [2.45, 2.75) is 46.1 Å². The average molecular weight is 342 g/mol. The highest BCUT2D eigenvalue weighted by molar-refractivity contribution is 5.79. The van der Waals surface area contributed by atoms with Gasteiger partial charge in [-0.1, -0.05) is 6.92 Å². The number of nitrogens with zero attached hydrogens (tertiary/aromatic N) is 2. The quantitative estimate of drug-likeness (QED) is 0.371. The Balaban J connectivity index is 2.12. The molecule has 1 amide bonds. The summed E-state index contributed by atoms with van der Waals surface area (Å²) in [5.74, 6) is 1.33. The van der Waals surface area contributed by atoms with Crippen LogP contribution in [0.15, 0.2) is 4.99 Å². The minimum Gasteiger partial charge on any atom is -0.444 e. The molecule has 1 rings (SSSR count). The predicted molar refractivity (Wildman–Crippen MR) is 98.4 cm³/mol. The van der Waals surface area contributed by atoms with E-state index >= 15 is 0 Å². The van der Waals surface area contributed by atoms with Crippen molar-refractivity contribution in [3.63, 3.8) is 0 Å². The number of nitrogens with one attached hydrogen (secondary N) is 3. The lowest BCUT2D eigenvalue weighted by Gasteiger charge is -2.22. The molecule has 0 bridgehead atoms. The van der Waals surface area contributed by atoms with Crippen LogP contribution in [-0.2, 0) is 4.74 Å². The highest BCUT2D eigenvalue weighted by Gasteiger charge is 2.16. The fourth-order valence-corrected chi connectivity index (χ4v) is 2.62. The molecule has 1 atom stereocenters. The molecule has 0 aromatic rings. The van der Waals surface area contributed by atoms with E-state index in [-0.39, 0.29) is 0 Å². The summed E-state index contributed by atoms with van der Waals surface area (Å²) in [6.07, 6.45) is 2.26. The van der Waals surface area contributed by atoms with E-state index in [1.165, 1.54) is 25.9 Å². The van der Waals surface area contributed by atoms with Gasteiger partial charge in [-0.3, -0.25) is 4.99 Å². The van der Waals surface area contributed by atoms with Crippen molar-refractivity contribution in [3.8, 4) is 0 Å². The summed E-state index contributed by atoms with van der Waals surface area (Å²) in [6.45, 7) is 13.3. The first-order valence-electron chi connectivity index (χ1n) is 8.94. The Morgan fingerprint density at radius 3 is 2.38 bits per heavy atom. The molecule has 1 unspecified atom stereocenters. The first-order chi connectivity index (χ1) is 11.3. The average Bonchev–Trinajstić information content (AvgIpc) is 2.97. The van der Waals surface area contributed by atoms with Crippen LogP contribution in [0.4, 0.5) is 4.79 Å². The molecule has 1 saturated heterocycles. The second kappa shape index (κ2) is 10.4. The molecular formula is C17H35N5O2. The lowest BCUT2D eigenvalue weighted by atomic mass is 10.1. The second-order valence-corrected chi connectivity index (χ2v) is 7.42. The van der Waals surface area contributed by atoms with E-state index in [1.807, 2.05) is 20.8 Å². The number of alkyl carbamates (subject to hydrolysis) is 1. The van der Waals surface area contributed by atoms with Crippen LogP contribution in [0.2, 0.25) is 0 Å². The van der Waals surface area contributed by atoms with Gasteiger partial charge in [0.2, 0.25) is 0 Å². The fourth-order valence-electron chi connectivity index (χ4n) is 2.62. The molecule has 24 heavy (non-hydrogen) atoms. The summed E-state index contributed by atoms with van der Waals surface area (Å²) in [4.78, 5) is 18.3. The van der Waals surface area contributed by atoms with E-state index in [9.17, 15) is 4.79 Å². The molecule has 1 aliphatic heterocycles. The van der Waals surface area contributed by atoms with Gasteiger partial charge in [-0.05, 0) is 52.6 Å². The zero-order valence-electron chi connectivity index (χ0n) is 15.9. The molecule has 1 aliphatic rings. The monoisotopic (exact) mass is 341 g/mol. The fraction of sp³-hybridized carbons (Fsp3) is 0.882. The third-order valence-corrected chi connectivity index (χ3v) is 3.70. The zero-order valence-corrected chi connectivity index (χ0v) is 15.9. The number of likely N-dealkylation sites (tertiary alicyclic amines) is 1. The van der Waals surface area contributed by atoms with Gasteiger partial charge in [0.1, 0.15) is 5.60 Å². The Labute approximate surface area is 146 Å². The SMILES string of the molecule is CN=C(NCCNC(=O)OC(C)(C)C)NCC(C)CN1CCCC1. The van der Waals surface area contributed by atoms with E-state index in [1.54, 1.807) is 7.05 Å². The number of ether oxygens (including phenoxy) is 1. The molecule has 7 heteroatoms. The Hall–Kier alpha value is -1.50. The van der Waals surface area contributed by atoms with Gasteiger partial charge in [0.25, 0.3) is 0 Å². The smallest absolute Gasteiger partial charge is 0.407 e. The lowest BCUT2D eigenvalue weighted by Crippen LogP contribution is -2.44. The molecule has 3 N–H and O–H groups in total. The Bertz CT molecular complexity index is 400. The lowest BCUT2D eigenvalue weighted by molar-refractivity contribution is 0.0529. The normalized spacial score (nSPS) is 17.5. The number of hydrogen-bond donors (Lipinski definition) is 3. The molecule has 140 valence electrons. The molecule has 1 heterocycles. The largest absolute Gasteiger partial charge is 0.444 e. The van der Waals surface area contributed by atoms with E-state index in [0.29, 0.717) is 19.0 Å².